The highest BCUT2D eigenvalue weighted by Crippen LogP contribution is 2.29. The summed E-state index contributed by atoms with van der Waals surface area (Å²) >= 11 is 3.45. The van der Waals surface area contributed by atoms with Crippen molar-refractivity contribution in [3.05, 3.63) is 23.2 Å². The molecule has 0 aliphatic carbocycles. The summed E-state index contributed by atoms with van der Waals surface area (Å²) in [5, 5.41) is 0. The van der Waals surface area contributed by atoms with Gasteiger partial charge in [-0.05, 0) is 28.3 Å². The molecule has 0 aliphatic rings. The van der Waals surface area contributed by atoms with E-state index in [9.17, 15) is 0 Å². The monoisotopic (exact) mass is 310 g/mol. The Morgan fingerprint density at radius 3 is 2.67 bits per heavy atom. The SMILES string of the molecule is CC(N(C)c1nc(Br)cn2ccnc12)C(C)(C)C. The van der Waals surface area contributed by atoms with Gasteiger partial charge in [0.2, 0.25) is 0 Å². The number of hydrogen-bond acceptors (Lipinski definition) is 3. The zero-order valence-electron chi connectivity index (χ0n) is 11.5. The first-order chi connectivity index (χ1) is 8.30. The fourth-order valence-electron chi connectivity index (χ4n) is 1.89. The Bertz CT molecular complexity index is 556. The molecule has 0 aliphatic heterocycles. The first kappa shape index (κ1) is 13.3. The molecule has 0 spiro atoms. The molecule has 0 radical (unpaired) electrons. The van der Waals surface area contributed by atoms with E-state index in [-0.39, 0.29) is 5.41 Å². The molecule has 2 aromatic rings. The van der Waals surface area contributed by atoms with Crippen LogP contribution in [0.25, 0.3) is 5.65 Å². The molecule has 0 N–H and O–H groups in total. The normalized spacial score (nSPS) is 13.9. The van der Waals surface area contributed by atoms with Crippen molar-refractivity contribution in [2.24, 2.45) is 5.41 Å². The van der Waals surface area contributed by atoms with Gasteiger partial charge >= 0.3 is 0 Å². The van der Waals surface area contributed by atoms with Gasteiger partial charge in [0.25, 0.3) is 0 Å². The largest absolute Gasteiger partial charge is 0.353 e. The van der Waals surface area contributed by atoms with Crippen LogP contribution in [0.1, 0.15) is 27.7 Å². The lowest BCUT2D eigenvalue weighted by atomic mass is 9.87. The standard InChI is InChI=1S/C13H19BrN4/c1-9(13(2,3)4)17(5)12-11-15-6-7-18(11)8-10(14)16-12/h6-9H,1-5H3. The maximum atomic E-state index is 4.57. The van der Waals surface area contributed by atoms with E-state index in [2.05, 4.69) is 65.5 Å². The molecule has 98 valence electrons. The van der Waals surface area contributed by atoms with E-state index in [1.807, 2.05) is 16.8 Å². The molecule has 18 heavy (non-hydrogen) atoms. The smallest absolute Gasteiger partial charge is 0.180 e. The molecule has 1 atom stereocenters. The van der Waals surface area contributed by atoms with Gasteiger partial charge in [0.1, 0.15) is 4.60 Å². The van der Waals surface area contributed by atoms with Crippen molar-refractivity contribution < 1.29 is 0 Å². The predicted molar refractivity (Wildman–Crippen MR) is 78.0 cm³/mol. The number of rotatable bonds is 2. The molecule has 0 fully saturated rings. The molecule has 5 heteroatoms. The second kappa shape index (κ2) is 4.53. The first-order valence-electron chi connectivity index (χ1n) is 6.03. The van der Waals surface area contributed by atoms with Gasteiger partial charge < -0.3 is 9.30 Å². The van der Waals surface area contributed by atoms with Gasteiger partial charge in [-0.1, -0.05) is 20.8 Å². The van der Waals surface area contributed by atoms with Crippen LogP contribution in [0.15, 0.2) is 23.2 Å². The van der Waals surface area contributed by atoms with Crippen LogP contribution in [0, 0.1) is 5.41 Å². The summed E-state index contributed by atoms with van der Waals surface area (Å²) in [6.07, 6.45) is 5.64. The van der Waals surface area contributed by atoms with Gasteiger partial charge in [0.05, 0.1) is 0 Å². The second-order valence-electron chi connectivity index (χ2n) is 5.70. The quantitative estimate of drug-likeness (QED) is 0.853. The van der Waals surface area contributed by atoms with Crippen LogP contribution < -0.4 is 4.90 Å². The first-order valence-corrected chi connectivity index (χ1v) is 6.82. The number of fused-ring (bicyclic) bond motifs is 1. The molecule has 0 bridgehead atoms. The Morgan fingerprint density at radius 1 is 1.39 bits per heavy atom. The Kier molecular flexibility index (Phi) is 3.36. The molecular weight excluding hydrogens is 292 g/mol. The number of anilines is 1. The number of halogens is 1. The number of imidazole rings is 1. The minimum Gasteiger partial charge on any atom is -0.353 e. The van der Waals surface area contributed by atoms with E-state index in [0.717, 1.165) is 16.1 Å². The molecule has 0 saturated carbocycles. The lowest BCUT2D eigenvalue weighted by molar-refractivity contribution is 0.329. The average Bonchev–Trinajstić information content (AvgIpc) is 2.72. The topological polar surface area (TPSA) is 33.4 Å². The van der Waals surface area contributed by atoms with Crippen LogP contribution in [0.5, 0.6) is 0 Å². The van der Waals surface area contributed by atoms with Crippen molar-refractivity contribution in [2.75, 3.05) is 11.9 Å². The predicted octanol–water partition coefficient (Wildman–Crippen LogP) is 3.36. The van der Waals surface area contributed by atoms with E-state index in [1.54, 1.807) is 6.20 Å². The van der Waals surface area contributed by atoms with Gasteiger partial charge in [0, 0.05) is 31.7 Å². The molecular formula is C13H19BrN4. The van der Waals surface area contributed by atoms with E-state index in [1.165, 1.54) is 0 Å². The summed E-state index contributed by atoms with van der Waals surface area (Å²) < 4.78 is 2.80. The summed E-state index contributed by atoms with van der Waals surface area (Å²) in [6, 6.07) is 0.361. The zero-order chi connectivity index (χ0) is 13.5. The van der Waals surface area contributed by atoms with Crippen molar-refractivity contribution in [3.63, 3.8) is 0 Å². The summed E-state index contributed by atoms with van der Waals surface area (Å²) in [4.78, 5) is 11.1. The van der Waals surface area contributed by atoms with Gasteiger partial charge in [0.15, 0.2) is 11.5 Å². The van der Waals surface area contributed by atoms with Gasteiger partial charge in [-0.3, -0.25) is 0 Å². The Balaban J connectivity index is 2.50. The molecule has 2 heterocycles. The lowest BCUT2D eigenvalue weighted by Crippen LogP contribution is -2.40. The van der Waals surface area contributed by atoms with Gasteiger partial charge in [-0.15, -0.1) is 0 Å². The molecule has 4 nitrogen and oxygen atoms in total. The third-order valence-corrected chi connectivity index (χ3v) is 3.88. The van der Waals surface area contributed by atoms with Crippen molar-refractivity contribution in [2.45, 2.75) is 33.7 Å². The second-order valence-corrected chi connectivity index (χ2v) is 6.51. The highest BCUT2D eigenvalue weighted by atomic mass is 79.9. The van der Waals surface area contributed by atoms with Crippen molar-refractivity contribution >= 4 is 27.4 Å². The fraction of sp³-hybridized carbons (Fsp3) is 0.538. The highest BCUT2D eigenvalue weighted by Gasteiger charge is 2.26. The maximum Gasteiger partial charge on any atom is 0.180 e. The Hall–Kier alpha value is -1.10. The Labute approximate surface area is 116 Å². The third-order valence-electron chi connectivity index (χ3n) is 3.50. The molecule has 2 rings (SSSR count). The zero-order valence-corrected chi connectivity index (χ0v) is 13.1. The third kappa shape index (κ3) is 2.36. The van der Waals surface area contributed by atoms with Crippen LogP contribution in [-0.2, 0) is 0 Å². The van der Waals surface area contributed by atoms with E-state index in [4.69, 9.17) is 0 Å². The van der Waals surface area contributed by atoms with Crippen molar-refractivity contribution in [1.29, 1.82) is 0 Å². The molecule has 0 amide bonds. The van der Waals surface area contributed by atoms with Crippen LogP contribution in [0.2, 0.25) is 0 Å². The molecule has 2 aromatic heterocycles. The van der Waals surface area contributed by atoms with E-state index in [0.29, 0.717) is 6.04 Å². The van der Waals surface area contributed by atoms with Crippen LogP contribution in [0.4, 0.5) is 5.82 Å². The summed E-state index contributed by atoms with van der Waals surface area (Å²) in [5.74, 6) is 0.900. The van der Waals surface area contributed by atoms with Crippen molar-refractivity contribution in [3.8, 4) is 0 Å². The Morgan fingerprint density at radius 2 is 2.06 bits per heavy atom. The van der Waals surface area contributed by atoms with Crippen LogP contribution in [0.3, 0.4) is 0 Å². The summed E-state index contributed by atoms with van der Waals surface area (Å²) in [5.41, 5.74) is 1.07. The van der Waals surface area contributed by atoms with Crippen molar-refractivity contribution in [1.82, 2.24) is 14.4 Å². The van der Waals surface area contributed by atoms with Gasteiger partial charge in [-0.25, -0.2) is 9.97 Å². The minimum atomic E-state index is 0.183. The summed E-state index contributed by atoms with van der Waals surface area (Å²) in [6.45, 7) is 8.90. The van der Waals surface area contributed by atoms with E-state index < -0.39 is 0 Å². The number of hydrogen-bond donors (Lipinski definition) is 0. The van der Waals surface area contributed by atoms with E-state index >= 15 is 0 Å². The summed E-state index contributed by atoms with van der Waals surface area (Å²) in [7, 11) is 2.07. The van der Waals surface area contributed by atoms with Gasteiger partial charge in [-0.2, -0.15) is 0 Å². The van der Waals surface area contributed by atoms with Crippen LogP contribution >= 0.6 is 15.9 Å². The van der Waals surface area contributed by atoms with Crippen LogP contribution in [-0.4, -0.2) is 27.5 Å². The molecule has 0 aromatic carbocycles. The average molecular weight is 311 g/mol. The molecule has 0 saturated heterocycles. The fourth-order valence-corrected chi connectivity index (χ4v) is 2.27. The maximum absolute atomic E-state index is 4.57. The minimum absolute atomic E-state index is 0.183. The number of aromatic nitrogens is 3. The molecule has 1 unspecified atom stereocenters. The lowest BCUT2D eigenvalue weighted by Gasteiger charge is -2.36. The number of nitrogens with zero attached hydrogens (tertiary/aromatic N) is 4. The highest BCUT2D eigenvalue weighted by molar-refractivity contribution is 9.10.